The number of hydrogen-bond donors (Lipinski definition) is 1. The van der Waals surface area contributed by atoms with E-state index in [2.05, 4.69) is 25.4 Å². The van der Waals surface area contributed by atoms with Gasteiger partial charge in [0.2, 0.25) is 5.91 Å². The number of carbonyl (C=O) groups is 1. The van der Waals surface area contributed by atoms with Crippen LogP contribution in [0.4, 0.5) is 32.0 Å². The van der Waals surface area contributed by atoms with E-state index in [0.717, 1.165) is 12.4 Å². The summed E-state index contributed by atoms with van der Waals surface area (Å²) in [4.78, 5) is 24.4. The number of aromatic nitrogens is 5. The fourth-order valence-electron chi connectivity index (χ4n) is 4.20. The third-order valence-corrected chi connectivity index (χ3v) is 6.28. The first kappa shape index (κ1) is 28.7. The monoisotopic (exact) mass is 584 g/mol. The smallest absolute Gasteiger partial charge is 0.325 e. The van der Waals surface area contributed by atoms with Crippen molar-refractivity contribution in [2.24, 2.45) is 5.41 Å². The zero-order chi connectivity index (χ0) is 30.4. The van der Waals surface area contributed by atoms with Crippen LogP contribution in [0.2, 0.25) is 0 Å². The fraction of sp³-hybridized carbons (Fsp3) is 0.207. The van der Waals surface area contributed by atoms with Gasteiger partial charge in [-0.3, -0.25) is 14.8 Å². The van der Waals surface area contributed by atoms with Gasteiger partial charge in [-0.2, -0.15) is 31.4 Å². The van der Waals surface area contributed by atoms with Gasteiger partial charge in [0.1, 0.15) is 0 Å². The van der Waals surface area contributed by atoms with Gasteiger partial charge in [-0.1, -0.05) is 39.0 Å². The van der Waals surface area contributed by atoms with E-state index in [-0.39, 0.29) is 28.1 Å². The molecule has 0 spiro atoms. The molecule has 0 saturated heterocycles. The number of alkyl halides is 6. The van der Waals surface area contributed by atoms with Crippen LogP contribution in [-0.4, -0.2) is 30.5 Å². The quantitative estimate of drug-likeness (QED) is 0.221. The number of nitrogens with one attached hydrogen (secondary N) is 1. The van der Waals surface area contributed by atoms with E-state index >= 15 is 0 Å². The molecule has 0 atom stereocenters. The van der Waals surface area contributed by atoms with Gasteiger partial charge in [-0.15, -0.1) is 0 Å². The first-order chi connectivity index (χ1) is 19.6. The molecule has 0 saturated carbocycles. The molecule has 4 heterocycles. The highest BCUT2D eigenvalue weighted by Gasteiger charge is 2.37. The first-order valence-corrected chi connectivity index (χ1v) is 12.5. The molecule has 7 nitrogen and oxygen atoms in total. The minimum Gasteiger partial charge on any atom is -0.325 e. The number of pyridine rings is 2. The second kappa shape index (κ2) is 10.2. The number of halogens is 6. The molecule has 0 fully saturated rings. The van der Waals surface area contributed by atoms with E-state index in [1.165, 1.54) is 65.3 Å². The topological polar surface area (TPSA) is 85.1 Å². The molecule has 1 amide bonds. The number of amides is 1. The van der Waals surface area contributed by atoms with Crippen LogP contribution in [0.5, 0.6) is 0 Å². The van der Waals surface area contributed by atoms with Crippen molar-refractivity contribution in [1.82, 2.24) is 24.6 Å². The highest BCUT2D eigenvalue weighted by atomic mass is 19.4. The Labute approximate surface area is 235 Å². The summed E-state index contributed by atoms with van der Waals surface area (Å²) in [5.41, 5.74) is -2.23. The molecule has 5 aromatic rings. The summed E-state index contributed by atoms with van der Waals surface area (Å²) in [5.74, 6) is -0.434. The summed E-state index contributed by atoms with van der Waals surface area (Å²) >= 11 is 0. The fourth-order valence-corrected chi connectivity index (χ4v) is 4.20. The number of benzene rings is 1. The van der Waals surface area contributed by atoms with E-state index in [1.807, 2.05) is 0 Å². The summed E-state index contributed by atoms with van der Waals surface area (Å²) in [6.45, 7) is 4.98. The largest absolute Gasteiger partial charge is 0.434 e. The predicted molar refractivity (Wildman–Crippen MR) is 143 cm³/mol. The number of rotatable bonds is 4. The Morgan fingerprint density at radius 2 is 1.38 bits per heavy atom. The second-order valence-corrected chi connectivity index (χ2v) is 10.4. The van der Waals surface area contributed by atoms with Gasteiger partial charge in [0.15, 0.2) is 17.0 Å². The first-order valence-electron chi connectivity index (χ1n) is 12.5. The summed E-state index contributed by atoms with van der Waals surface area (Å²) < 4.78 is 83.2. The van der Waals surface area contributed by atoms with Gasteiger partial charge >= 0.3 is 12.4 Å². The van der Waals surface area contributed by atoms with Crippen molar-refractivity contribution >= 4 is 17.2 Å². The average Bonchev–Trinajstić information content (AvgIpc) is 3.35. The predicted octanol–water partition coefficient (Wildman–Crippen LogP) is 7.54. The zero-order valence-electron chi connectivity index (χ0n) is 22.3. The van der Waals surface area contributed by atoms with Crippen LogP contribution in [0.3, 0.4) is 0 Å². The molecule has 0 radical (unpaired) electrons. The molecule has 0 unspecified atom stereocenters. The molecule has 42 heavy (non-hydrogen) atoms. The Morgan fingerprint density at radius 3 is 2.00 bits per heavy atom. The van der Waals surface area contributed by atoms with Crippen molar-refractivity contribution in [3.63, 3.8) is 0 Å². The van der Waals surface area contributed by atoms with Gasteiger partial charge in [-0.25, -0.2) is 9.50 Å². The van der Waals surface area contributed by atoms with Crippen molar-refractivity contribution in [2.45, 2.75) is 33.1 Å². The van der Waals surface area contributed by atoms with Crippen molar-refractivity contribution in [3.8, 4) is 33.6 Å². The summed E-state index contributed by atoms with van der Waals surface area (Å²) in [5, 5.41) is 7.01. The lowest BCUT2D eigenvalue weighted by Gasteiger charge is -2.21. The molecule has 1 aromatic carbocycles. The van der Waals surface area contributed by atoms with Gasteiger partial charge in [0.25, 0.3) is 0 Å². The molecule has 4 aromatic heterocycles. The summed E-state index contributed by atoms with van der Waals surface area (Å²) in [6.07, 6.45) is -5.88. The maximum Gasteiger partial charge on any atom is 0.434 e. The normalized spacial score (nSPS) is 12.5. The van der Waals surface area contributed by atoms with E-state index < -0.39 is 35.1 Å². The van der Waals surface area contributed by atoms with Crippen LogP contribution < -0.4 is 5.32 Å². The van der Waals surface area contributed by atoms with Gasteiger partial charge in [0.05, 0.1) is 17.6 Å². The third kappa shape index (κ3) is 5.67. The van der Waals surface area contributed by atoms with Crippen molar-refractivity contribution < 1.29 is 31.1 Å². The highest BCUT2D eigenvalue weighted by molar-refractivity contribution is 5.99. The molecule has 5 rings (SSSR count). The molecule has 0 aliphatic rings. The highest BCUT2D eigenvalue weighted by Crippen LogP contribution is 2.40. The number of nitrogens with zero attached hydrogens (tertiary/aromatic N) is 5. The minimum atomic E-state index is -4.74. The lowest BCUT2D eigenvalue weighted by Crippen LogP contribution is -2.28. The molecule has 0 aliphatic heterocycles. The standard InChI is InChI=1S/C29H22F6N6O/c1-27(2,3)26(42)39-21-14-16(8-9-17(21)18-6-4-12-36-24(18)28(30,31)32)22-15-41-23(38-22)11-10-20(40-41)19-7-5-13-37-25(19)29(33,34)35/h4-15H,1-3H3,(H,39,42). The van der Waals surface area contributed by atoms with Gasteiger partial charge < -0.3 is 5.32 Å². The number of hydrogen-bond acceptors (Lipinski definition) is 5. The Hall–Kier alpha value is -4.81. The number of carbonyl (C=O) groups excluding carboxylic acids is 1. The lowest BCUT2D eigenvalue weighted by molar-refractivity contribution is -0.141. The number of anilines is 1. The van der Waals surface area contributed by atoms with Crippen LogP contribution >= 0.6 is 0 Å². The van der Waals surface area contributed by atoms with Crippen LogP contribution in [0.1, 0.15) is 32.2 Å². The van der Waals surface area contributed by atoms with Crippen LogP contribution in [0.15, 0.2) is 73.2 Å². The minimum absolute atomic E-state index is 0.0108. The van der Waals surface area contributed by atoms with Crippen LogP contribution in [0, 0.1) is 5.41 Å². The molecule has 0 aliphatic carbocycles. The third-order valence-electron chi connectivity index (χ3n) is 6.28. The summed E-state index contributed by atoms with van der Waals surface area (Å²) in [7, 11) is 0. The van der Waals surface area contributed by atoms with Crippen molar-refractivity contribution in [1.29, 1.82) is 0 Å². The zero-order valence-corrected chi connectivity index (χ0v) is 22.3. The number of fused-ring (bicyclic) bond motifs is 1. The average molecular weight is 585 g/mol. The van der Waals surface area contributed by atoms with Crippen molar-refractivity contribution in [2.75, 3.05) is 5.32 Å². The van der Waals surface area contributed by atoms with Crippen LogP contribution in [0.25, 0.3) is 39.3 Å². The van der Waals surface area contributed by atoms with E-state index in [1.54, 1.807) is 20.8 Å². The lowest BCUT2D eigenvalue weighted by atomic mass is 9.94. The molecule has 0 bridgehead atoms. The number of imidazole rings is 1. The van der Waals surface area contributed by atoms with Crippen LogP contribution in [-0.2, 0) is 17.1 Å². The van der Waals surface area contributed by atoms with E-state index in [4.69, 9.17) is 0 Å². The molecule has 216 valence electrons. The maximum atomic E-state index is 13.8. The molecule has 13 heteroatoms. The van der Waals surface area contributed by atoms with Crippen molar-refractivity contribution in [3.05, 3.63) is 84.6 Å². The SMILES string of the molecule is CC(C)(C)C(=O)Nc1cc(-c2cn3nc(-c4cccnc4C(F)(F)F)ccc3n2)ccc1-c1cccnc1C(F)(F)F. The van der Waals surface area contributed by atoms with Gasteiger partial charge in [-0.05, 0) is 36.4 Å². The Morgan fingerprint density at radius 1 is 0.762 bits per heavy atom. The Balaban J connectivity index is 1.61. The van der Waals surface area contributed by atoms with E-state index in [9.17, 15) is 31.1 Å². The second-order valence-electron chi connectivity index (χ2n) is 10.4. The maximum absolute atomic E-state index is 13.8. The molecular formula is C29H22F6N6O. The Kier molecular flexibility index (Phi) is 6.99. The van der Waals surface area contributed by atoms with E-state index in [0.29, 0.717) is 16.9 Å². The van der Waals surface area contributed by atoms with Gasteiger partial charge in [0, 0.05) is 45.7 Å². The summed E-state index contributed by atoms with van der Waals surface area (Å²) in [6, 6.07) is 12.6. The molecular weight excluding hydrogens is 562 g/mol. The Bertz CT molecular complexity index is 1800. The molecule has 1 N–H and O–H groups in total.